The first-order valence-corrected chi connectivity index (χ1v) is 10.6. The largest absolute Gasteiger partial charge is 0.493 e. The Hall–Kier alpha value is -2.19. The Morgan fingerprint density at radius 1 is 1.28 bits per heavy atom. The fourth-order valence-electron chi connectivity index (χ4n) is 4.14. The highest BCUT2D eigenvalue weighted by molar-refractivity contribution is 8.14. The van der Waals surface area contributed by atoms with Crippen molar-refractivity contribution >= 4 is 22.6 Å². The minimum atomic E-state index is -0.220. The van der Waals surface area contributed by atoms with Crippen LogP contribution in [0.3, 0.4) is 0 Å². The van der Waals surface area contributed by atoms with E-state index in [0.717, 1.165) is 29.3 Å². The molecule has 156 valence electrons. The Morgan fingerprint density at radius 2 is 2.03 bits per heavy atom. The van der Waals surface area contributed by atoms with E-state index in [1.807, 2.05) is 29.8 Å². The minimum Gasteiger partial charge on any atom is -0.493 e. The molecule has 0 spiro atoms. The number of thioether (sulfide) groups is 1. The molecule has 7 nitrogen and oxygen atoms in total. The molecule has 0 saturated carbocycles. The van der Waals surface area contributed by atoms with Crippen molar-refractivity contribution in [3.63, 3.8) is 0 Å². The van der Waals surface area contributed by atoms with E-state index in [1.165, 1.54) is 0 Å². The van der Waals surface area contributed by atoms with E-state index in [1.54, 1.807) is 26.0 Å². The SMILES string of the molecule is COc1ccc([C@@H]2SC(C)=Nc3c2c(=O)[nH]n3[C@H]2CCOC(C)(C)C2)cc1OC. The van der Waals surface area contributed by atoms with Gasteiger partial charge in [0.15, 0.2) is 17.3 Å². The number of benzene rings is 1. The summed E-state index contributed by atoms with van der Waals surface area (Å²) in [5.41, 5.74) is 1.37. The number of aromatic amines is 1. The molecule has 8 heteroatoms. The molecule has 3 heterocycles. The Kier molecular flexibility index (Phi) is 5.25. The van der Waals surface area contributed by atoms with Gasteiger partial charge in [0.2, 0.25) is 0 Å². The van der Waals surface area contributed by atoms with Crippen molar-refractivity contribution in [2.24, 2.45) is 4.99 Å². The average Bonchev–Trinajstić information content (AvgIpc) is 3.02. The second-order valence-electron chi connectivity index (χ2n) is 8.05. The van der Waals surface area contributed by atoms with Gasteiger partial charge in [-0.25, -0.2) is 4.99 Å². The standard InChI is InChI=1S/C21H27N3O4S/c1-12-22-19-17(18(29-12)13-6-7-15(26-4)16(10-13)27-5)20(25)23-24(19)14-8-9-28-21(2,3)11-14/h6-7,10,14,18H,8-9,11H2,1-5H3,(H,23,25)/t14-,18-/m0/s1. The number of ether oxygens (including phenoxy) is 3. The minimum absolute atomic E-state index is 0.0900. The van der Waals surface area contributed by atoms with E-state index in [2.05, 4.69) is 18.9 Å². The van der Waals surface area contributed by atoms with Gasteiger partial charge in [-0.05, 0) is 51.3 Å². The van der Waals surface area contributed by atoms with Crippen molar-refractivity contribution in [3.8, 4) is 11.5 Å². The third-order valence-corrected chi connectivity index (χ3v) is 6.67. The van der Waals surface area contributed by atoms with Crippen molar-refractivity contribution < 1.29 is 14.2 Å². The van der Waals surface area contributed by atoms with Crippen LogP contribution in [0.4, 0.5) is 5.82 Å². The zero-order chi connectivity index (χ0) is 20.8. The molecule has 2 atom stereocenters. The van der Waals surface area contributed by atoms with Crippen LogP contribution in [0, 0.1) is 0 Å². The lowest BCUT2D eigenvalue weighted by Gasteiger charge is -2.36. The Labute approximate surface area is 174 Å². The molecule has 1 aromatic heterocycles. The zero-order valence-electron chi connectivity index (χ0n) is 17.4. The van der Waals surface area contributed by atoms with Crippen LogP contribution in [0.2, 0.25) is 0 Å². The normalized spacial score (nSPS) is 23.3. The zero-order valence-corrected chi connectivity index (χ0v) is 18.3. The molecule has 0 unspecified atom stereocenters. The van der Waals surface area contributed by atoms with E-state index in [-0.39, 0.29) is 22.5 Å². The highest BCUT2D eigenvalue weighted by Crippen LogP contribution is 2.46. The van der Waals surface area contributed by atoms with Gasteiger partial charge in [0.05, 0.1) is 41.7 Å². The van der Waals surface area contributed by atoms with Crippen molar-refractivity contribution in [3.05, 3.63) is 39.7 Å². The molecule has 1 aromatic carbocycles. The van der Waals surface area contributed by atoms with Crippen LogP contribution in [0.15, 0.2) is 28.0 Å². The predicted octanol–water partition coefficient (Wildman–Crippen LogP) is 4.21. The molecule has 1 fully saturated rings. The summed E-state index contributed by atoms with van der Waals surface area (Å²) in [6.45, 7) is 6.83. The Bertz CT molecular complexity index is 1010. The van der Waals surface area contributed by atoms with Gasteiger partial charge in [-0.15, -0.1) is 0 Å². The van der Waals surface area contributed by atoms with Crippen molar-refractivity contribution in [1.82, 2.24) is 9.78 Å². The third kappa shape index (κ3) is 3.71. The van der Waals surface area contributed by atoms with E-state index in [4.69, 9.17) is 19.2 Å². The first kappa shape index (κ1) is 20.1. The van der Waals surface area contributed by atoms with Crippen molar-refractivity contribution in [2.75, 3.05) is 20.8 Å². The molecule has 1 saturated heterocycles. The molecular weight excluding hydrogens is 390 g/mol. The highest BCUT2D eigenvalue weighted by atomic mass is 32.2. The molecule has 2 aliphatic heterocycles. The molecule has 1 N–H and O–H groups in total. The lowest BCUT2D eigenvalue weighted by molar-refractivity contribution is -0.0705. The number of H-pyrrole nitrogens is 1. The smallest absolute Gasteiger partial charge is 0.271 e. The average molecular weight is 418 g/mol. The number of aromatic nitrogens is 2. The van der Waals surface area contributed by atoms with Crippen LogP contribution >= 0.6 is 11.8 Å². The molecule has 2 aromatic rings. The van der Waals surface area contributed by atoms with Crippen LogP contribution in [0.1, 0.15) is 56.0 Å². The summed E-state index contributed by atoms with van der Waals surface area (Å²) in [6.07, 6.45) is 1.68. The monoisotopic (exact) mass is 417 g/mol. The van der Waals surface area contributed by atoms with Crippen LogP contribution in [-0.2, 0) is 4.74 Å². The summed E-state index contributed by atoms with van der Waals surface area (Å²) >= 11 is 1.58. The van der Waals surface area contributed by atoms with Crippen LogP contribution in [0.5, 0.6) is 11.5 Å². The van der Waals surface area contributed by atoms with E-state index in [9.17, 15) is 4.79 Å². The second kappa shape index (κ2) is 7.57. The van der Waals surface area contributed by atoms with Gasteiger partial charge in [0.1, 0.15) is 0 Å². The Balaban J connectivity index is 1.78. The summed E-state index contributed by atoms with van der Waals surface area (Å²) in [5.74, 6) is 2.04. The number of nitrogens with zero attached hydrogens (tertiary/aromatic N) is 2. The fraction of sp³-hybridized carbons (Fsp3) is 0.524. The molecule has 0 amide bonds. The number of rotatable bonds is 4. The topological polar surface area (TPSA) is 77.8 Å². The number of nitrogens with one attached hydrogen (secondary N) is 1. The van der Waals surface area contributed by atoms with Gasteiger partial charge in [-0.2, -0.15) is 0 Å². The van der Waals surface area contributed by atoms with Gasteiger partial charge in [-0.1, -0.05) is 17.8 Å². The molecule has 2 aliphatic rings. The maximum atomic E-state index is 13.0. The van der Waals surface area contributed by atoms with Crippen LogP contribution < -0.4 is 15.0 Å². The summed E-state index contributed by atoms with van der Waals surface area (Å²) in [4.78, 5) is 17.8. The number of methoxy groups -OCH3 is 2. The van der Waals surface area contributed by atoms with Crippen molar-refractivity contribution in [2.45, 2.75) is 50.5 Å². The van der Waals surface area contributed by atoms with Gasteiger partial charge in [0.25, 0.3) is 5.56 Å². The summed E-state index contributed by atoms with van der Waals surface area (Å²) in [5, 5.41) is 3.84. The maximum Gasteiger partial charge on any atom is 0.271 e. The Morgan fingerprint density at radius 3 is 2.72 bits per heavy atom. The summed E-state index contributed by atoms with van der Waals surface area (Å²) in [7, 11) is 3.23. The molecule has 0 bridgehead atoms. The van der Waals surface area contributed by atoms with Crippen LogP contribution in [-0.4, -0.2) is 41.3 Å². The maximum absolute atomic E-state index is 13.0. The van der Waals surface area contributed by atoms with Gasteiger partial charge in [-0.3, -0.25) is 14.6 Å². The van der Waals surface area contributed by atoms with Gasteiger partial charge >= 0.3 is 0 Å². The molecule has 29 heavy (non-hydrogen) atoms. The number of fused-ring (bicyclic) bond motifs is 1. The lowest BCUT2D eigenvalue weighted by Crippen LogP contribution is -2.35. The predicted molar refractivity (Wildman–Crippen MR) is 115 cm³/mol. The third-order valence-electron chi connectivity index (χ3n) is 5.50. The quantitative estimate of drug-likeness (QED) is 0.806. The fourth-order valence-corrected chi connectivity index (χ4v) is 5.24. The highest BCUT2D eigenvalue weighted by Gasteiger charge is 2.36. The van der Waals surface area contributed by atoms with E-state index < -0.39 is 0 Å². The number of hydrogen-bond acceptors (Lipinski definition) is 6. The number of aliphatic imine (C=N–C) groups is 1. The first-order valence-electron chi connectivity index (χ1n) is 9.75. The second-order valence-corrected chi connectivity index (χ2v) is 9.34. The van der Waals surface area contributed by atoms with E-state index >= 15 is 0 Å². The van der Waals surface area contributed by atoms with Gasteiger partial charge in [0, 0.05) is 6.61 Å². The lowest BCUT2D eigenvalue weighted by atomic mass is 9.94. The molecule has 0 radical (unpaired) electrons. The number of hydrogen-bond donors (Lipinski definition) is 1. The molecule has 4 rings (SSSR count). The summed E-state index contributed by atoms with van der Waals surface area (Å²) < 4.78 is 18.6. The molecular formula is C21H27N3O4S. The first-order chi connectivity index (χ1) is 13.8. The summed E-state index contributed by atoms with van der Waals surface area (Å²) in [6, 6.07) is 5.95. The van der Waals surface area contributed by atoms with E-state index in [0.29, 0.717) is 23.7 Å². The van der Waals surface area contributed by atoms with Crippen molar-refractivity contribution in [1.29, 1.82) is 0 Å². The molecule has 0 aliphatic carbocycles. The van der Waals surface area contributed by atoms with Crippen LogP contribution in [0.25, 0.3) is 0 Å². The van der Waals surface area contributed by atoms with Gasteiger partial charge < -0.3 is 14.2 Å².